The van der Waals surface area contributed by atoms with Crippen molar-refractivity contribution in [2.24, 2.45) is 0 Å². The van der Waals surface area contributed by atoms with E-state index in [9.17, 15) is 30.0 Å². The minimum Gasteiger partial charge on any atom is -0.457 e. The van der Waals surface area contributed by atoms with E-state index in [0.717, 1.165) is 5.57 Å². The summed E-state index contributed by atoms with van der Waals surface area (Å²) < 4.78 is 10.9. The van der Waals surface area contributed by atoms with Crippen molar-refractivity contribution < 1.29 is 39.5 Å². The van der Waals surface area contributed by atoms with Crippen LogP contribution in [-0.4, -0.2) is 69.3 Å². The third-order valence-electron chi connectivity index (χ3n) is 4.97. The van der Waals surface area contributed by atoms with E-state index in [1.807, 2.05) is 13.8 Å². The molecule has 3 rings (SSSR count). The number of hydrogen-bond donors (Lipinski definition) is 4. The van der Waals surface area contributed by atoms with E-state index < -0.39 is 43.1 Å². The molecule has 0 bridgehead atoms. The zero-order valence-corrected chi connectivity index (χ0v) is 16.1. The Labute approximate surface area is 167 Å². The minimum absolute atomic E-state index is 0.104. The second-order valence-electron chi connectivity index (χ2n) is 7.31. The molecule has 0 radical (unpaired) electrons. The molecule has 0 unspecified atom stereocenters. The molecule has 1 saturated heterocycles. The molecule has 8 heteroatoms. The highest BCUT2D eigenvalue weighted by molar-refractivity contribution is 6.26. The fourth-order valence-electron chi connectivity index (χ4n) is 3.30. The first-order chi connectivity index (χ1) is 13.8. The lowest BCUT2D eigenvalue weighted by Gasteiger charge is -2.40. The van der Waals surface area contributed by atoms with Gasteiger partial charge in [-0.1, -0.05) is 35.9 Å². The van der Waals surface area contributed by atoms with Crippen LogP contribution in [0.3, 0.4) is 0 Å². The second kappa shape index (κ2) is 8.56. The number of ether oxygens (including phenoxy) is 2. The van der Waals surface area contributed by atoms with Crippen molar-refractivity contribution in [1.82, 2.24) is 0 Å². The fourth-order valence-corrected chi connectivity index (χ4v) is 3.30. The molecule has 1 aliphatic heterocycles. The van der Waals surface area contributed by atoms with Gasteiger partial charge >= 0.3 is 0 Å². The molecule has 0 amide bonds. The molecule has 0 saturated carbocycles. The summed E-state index contributed by atoms with van der Waals surface area (Å²) in [6, 6.07) is 6.34. The van der Waals surface area contributed by atoms with Crippen LogP contribution in [0.15, 0.2) is 47.2 Å². The third kappa shape index (κ3) is 4.03. The summed E-state index contributed by atoms with van der Waals surface area (Å²) in [5.74, 6) is -1.21. The second-order valence-corrected chi connectivity index (χ2v) is 7.31. The maximum Gasteiger partial charge on any atom is 0.229 e. The van der Waals surface area contributed by atoms with Crippen molar-refractivity contribution in [3.8, 4) is 0 Å². The first kappa shape index (κ1) is 21.4. The van der Waals surface area contributed by atoms with Crippen LogP contribution in [-0.2, 0) is 9.47 Å². The summed E-state index contributed by atoms with van der Waals surface area (Å²) in [4.78, 5) is 26.0. The van der Waals surface area contributed by atoms with Crippen LogP contribution in [0.2, 0.25) is 0 Å². The van der Waals surface area contributed by atoms with Gasteiger partial charge in [0.05, 0.1) is 12.2 Å². The summed E-state index contributed by atoms with van der Waals surface area (Å²) in [5, 5.41) is 39.4. The van der Waals surface area contributed by atoms with Crippen LogP contribution in [0.25, 0.3) is 0 Å². The van der Waals surface area contributed by atoms with Crippen LogP contribution < -0.4 is 0 Å². The van der Waals surface area contributed by atoms with E-state index in [4.69, 9.17) is 9.47 Å². The van der Waals surface area contributed by atoms with Crippen molar-refractivity contribution in [1.29, 1.82) is 0 Å². The largest absolute Gasteiger partial charge is 0.457 e. The summed E-state index contributed by atoms with van der Waals surface area (Å²) in [6.45, 7) is 3.06. The van der Waals surface area contributed by atoms with E-state index >= 15 is 0 Å². The lowest BCUT2D eigenvalue weighted by Crippen LogP contribution is -2.59. The Balaban J connectivity index is 2.00. The average molecular weight is 404 g/mol. The number of hydrogen-bond acceptors (Lipinski definition) is 8. The van der Waals surface area contributed by atoms with Gasteiger partial charge in [0, 0.05) is 11.1 Å². The normalized spacial score (nSPS) is 29.5. The van der Waals surface area contributed by atoms with Crippen molar-refractivity contribution in [2.45, 2.75) is 51.0 Å². The van der Waals surface area contributed by atoms with E-state index in [1.165, 1.54) is 6.07 Å². The molecule has 0 spiro atoms. The van der Waals surface area contributed by atoms with Crippen LogP contribution in [0.5, 0.6) is 0 Å². The van der Waals surface area contributed by atoms with E-state index in [2.05, 4.69) is 0 Å². The molecular weight excluding hydrogens is 380 g/mol. The predicted molar refractivity (Wildman–Crippen MR) is 101 cm³/mol. The Morgan fingerprint density at radius 3 is 2.24 bits per heavy atom. The molecule has 8 nitrogen and oxygen atoms in total. The zero-order valence-electron chi connectivity index (χ0n) is 16.1. The molecule has 5 atom stereocenters. The van der Waals surface area contributed by atoms with Crippen LogP contribution in [0.4, 0.5) is 0 Å². The van der Waals surface area contributed by atoms with Gasteiger partial charge in [0.25, 0.3) is 0 Å². The molecule has 4 N–H and O–H groups in total. The van der Waals surface area contributed by atoms with Crippen molar-refractivity contribution in [3.05, 3.63) is 58.4 Å². The number of carbonyl (C=O) groups is 2. The highest BCUT2D eigenvalue weighted by Gasteiger charge is 2.46. The standard InChI is InChI=1S/C21H24O8/c1-10(2)7-8-13-15(23)11-5-3-4-6-12(11)16(24)20(13)29-21-19(27)18(26)17(25)14(9-22)28-21/h3-7,14,17-19,21-22,25-27H,8-9H2,1-2H3/t14-,17+,18+,19+,21-/m0/s1. The van der Waals surface area contributed by atoms with Gasteiger partial charge in [0.15, 0.2) is 11.5 Å². The lowest BCUT2D eigenvalue weighted by molar-refractivity contribution is -0.290. The van der Waals surface area contributed by atoms with Crippen LogP contribution in [0, 0.1) is 0 Å². The molecule has 1 fully saturated rings. The van der Waals surface area contributed by atoms with Gasteiger partial charge in [0.2, 0.25) is 12.1 Å². The van der Waals surface area contributed by atoms with E-state index in [1.54, 1.807) is 24.3 Å². The van der Waals surface area contributed by atoms with Gasteiger partial charge < -0.3 is 29.9 Å². The Bertz CT molecular complexity index is 865. The third-order valence-corrected chi connectivity index (χ3v) is 4.97. The molecule has 1 heterocycles. The number of Topliss-reactive ketones (excluding diaryl/α,β-unsaturated/α-hetero) is 2. The zero-order chi connectivity index (χ0) is 21.3. The number of fused-ring (bicyclic) bond motifs is 1. The minimum atomic E-state index is -1.69. The van der Waals surface area contributed by atoms with Crippen LogP contribution >= 0.6 is 0 Å². The molecule has 1 aliphatic carbocycles. The summed E-state index contributed by atoms with van der Waals surface area (Å²) in [6.07, 6.45) is -5.75. The molecule has 29 heavy (non-hydrogen) atoms. The number of carbonyl (C=O) groups excluding carboxylic acids is 2. The number of ketones is 2. The van der Waals surface area contributed by atoms with Crippen LogP contribution in [0.1, 0.15) is 41.0 Å². The maximum atomic E-state index is 13.0. The number of rotatable bonds is 5. The number of aliphatic hydroxyl groups excluding tert-OH is 4. The average Bonchev–Trinajstić information content (AvgIpc) is 2.71. The summed E-state index contributed by atoms with van der Waals surface area (Å²) >= 11 is 0. The molecule has 156 valence electrons. The summed E-state index contributed by atoms with van der Waals surface area (Å²) in [5.41, 5.74) is 1.46. The van der Waals surface area contributed by atoms with Gasteiger partial charge in [-0.05, 0) is 20.3 Å². The van der Waals surface area contributed by atoms with Crippen molar-refractivity contribution >= 4 is 11.6 Å². The fraction of sp³-hybridized carbons (Fsp3) is 0.429. The highest BCUT2D eigenvalue weighted by Crippen LogP contribution is 2.32. The Hall–Kier alpha value is -2.36. The monoisotopic (exact) mass is 404 g/mol. The molecule has 0 aromatic heterocycles. The number of allylic oxidation sites excluding steroid dienone is 4. The topological polar surface area (TPSA) is 134 Å². The van der Waals surface area contributed by atoms with Gasteiger partial charge in [-0.25, -0.2) is 0 Å². The predicted octanol–water partition coefficient (Wildman–Crippen LogP) is 0.492. The van der Waals surface area contributed by atoms with E-state index in [0.29, 0.717) is 0 Å². The highest BCUT2D eigenvalue weighted by atomic mass is 16.7. The first-order valence-electron chi connectivity index (χ1n) is 9.28. The van der Waals surface area contributed by atoms with Crippen molar-refractivity contribution in [2.75, 3.05) is 6.61 Å². The Morgan fingerprint density at radius 2 is 1.66 bits per heavy atom. The summed E-state index contributed by atoms with van der Waals surface area (Å²) in [7, 11) is 0. The van der Waals surface area contributed by atoms with Gasteiger partial charge in [-0.3, -0.25) is 9.59 Å². The van der Waals surface area contributed by atoms with E-state index in [-0.39, 0.29) is 34.7 Å². The lowest BCUT2D eigenvalue weighted by atomic mass is 9.86. The Morgan fingerprint density at radius 1 is 1.03 bits per heavy atom. The molecule has 2 aliphatic rings. The smallest absolute Gasteiger partial charge is 0.229 e. The van der Waals surface area contributed by atoms with Crippen molar-refractivity contribution in [3.63, 3.8) is 0 Å². The van der Waals surface area contributed by atoms with Gasteiger partial charge in [0.1, 0.15) is 24.4 Å². The SMILES string of the molecule is CC(C)=CCC1=C(O[C@@H]2O[C@@H](CO)[C@@H](O)[C@@H](O)[C@H]2O)C(=O)c2ccccc2C1=O. The maximum absolute atomic E-state index is 13.0. The molecular formula is C21H24O8. The number of benzene rings is 1. The Kier molecular flexibility index (Phi) is 6.30. The van der Waals surface area contributed by atoms with Gasteiger partial charge in [-0.15, -0.1) is 0 Å². The molecule has 1 aromatic rings. The molecule has 1 aromatic carbocycles. The van der Waals surface area contributed by atoms with Gasteiger partial charge in [-0.2, -0.15) is 0 Å². The first-order valence-corrected chi connectivity index (χ1v) is 9.28. The quantitative estimate of drug-likeness (QED) is 0.521. The number of aliphatic hydroxyl groups is 4.